The highest BCUT2D eigenvalue weighted by atomic mass is 16.5. The van der Waals surface area contributed by atoms with E-state index in [0.29, 0.717) is 12.5 Å². The Kier molecular flexibility index (Phi) is 5.44. The maximum Gasteiger partial charge on any atom is 0.326 e. The van der Waals surface area contributed by atoms with Crippen LogP contribution in [0, 0.1) is 11.8 Å². The Morgan fingerprint density at radius 2 is 2.25 bits per heavy atom. The Bertz CT molecular complexity index is 334. The van der Waals surface area contributed by atoms with Gasteiger partial charge in [-0.25, -0.2) is 0 Å². The van der Waals surface area contributed by atoms with Crippen LogP contribution >= 0.6 is 0 Å². The first-order valence-electron chi connectivity index (χ1n) is 8.21. The third kappa shape index (κ3) is 3.17. The van der Waals surface area contributed by atoms with Gasteiger partial charge in [0.1, 0.15) is 5.54 Å². The fourth-order valence-electron chi connectivity index (χ4n) is 4.00. The monoisotopic (exact) mass is 282 g/mol. The van der Waals surface area contributed by atoms with E-state index in [1.165, 1.54) is 19.5 Å². The third-order valence-electron chi connectivity index (χ3n) is 5.21. The van der Waals surface area contributed by atoms with Crippen molar-refractivity contribution in [1.82, 2.24) is 10.2 Å². The molecule has 2 aliphatic rings. The molecule has 20 heavy (non-hydrogen) atoms. The Labute approximate surface area is 123 Å². The van der Waals surface area contributed by atoms with Crippen molar-refractivity contribution in [3.05, 3.63) is 0 Å². The summed E-state index contributed by atoms with van der Waals surface area (Å²) in [5, 5.41) is 3.30. The van der Waals surface area contributed by atoms with Crippen molar-refractivity contribution in [2.24, 2.45) is 11.8 Å². The summed E-state index contributed by atoms with van der Waals surface area (Å²) in [4.78, 5) is 14.9. The second-order valence-corrected chi connectivity index (χ2v) is 6.51. The maximum atomic E-state index is 12.4. The highest BCUT2D eigenvalue weighted by Gasteiger charge is 2.48. The Morgan fingerprint density at radius 3 is 2.85 bits per heavy atom. The van der Waals surface area contributed by atoms with E-state index in [2.05, 4.69) is 17.1 Å². The second kappa shape index (κ2) is 6.90. The molecule has 0 aromatic carbocycles. The molecule has 2 fully saturated rings. The molecule has 0 bridgehead atoms. The third-order valence-corrected chi connectivity index (χ3v) is 5.21. The summed E-state index contributed by atoms with van der Waals surface area (Å²) in [6.45, 7) is 8.25. The molecule has 3 atom stereocenters. The van der Waals surface area contributed by atoms with E-state index >= 15 is 0 Å². The van der Waals surface area contributed by atoms with Crippen LogP contribution < -0.4 is 5.32 Å². The predicted molar refractivity (Wildman–Crippen MR) is 80.6 cm³/mol. The van der Waals surface area contributed by atoms with Crippen LogP contribution in [0.5, 0.6) is 0 Å². The van der Waals surface area contributed by atoms with Crippen molar-refractivity contribution in [2.45, 2.75) is 51.5 Å². The highest BCUT2D eigenvalue weighted by molar-refractivity contribution is 5.81. The van der Waals surface area contributed by atoms with Crippen LogP contribution in [0.2, 0.25) is 0 Å². The topological polar surface area (TPSA) is 41.6 Å². The quantitative estimate of drug-likeness (QED) is 0.757. The van der Waals surface area contributed by atoms with Crippen LogP contribution in [0.15, 0.2) is 0 Å². The first-order chi connectivity index (χ1) is 9.62. The summed E-state index contributed by atoms with van der Waals surface area (Å²) in [5.74, 6) is 1.21. The minimum Gasteiger partial charge on any atom is -0.465 e. The normalized spacial score (nSPS) is 34.5. The summed E-state index contributed by atoms with van der Waals surface area (Å²) in [7, 11) is 1.91. The van der Waals surface area contributed by atoms with Crippen LogP contribution in [-0.2, 0) is 9.53 Å². The van der Waals surface area contributed by atoms with Gasteiger partial charge in [-0.15, -0.1) is 0 Å². The molecule has 1 N–H and O–H groups in total. The van der Waals surface area contributed by atoms with Gasteiger partial charge in [0.2, 0.25) is 0 Å². The number of nitrogens with zero attached hydrogens (tertiary/aromatic N) is 1. The van der Waals surface area contributed by atoms with Gasteiger partial charge in [0.25, 0.3) is 0 Å². The molecular formula is C16H30N2O2. The van der Waals surface area contributed by atoms with Gasteiger partial charge in [-0.3, -0.25) is 4.79 Å². The van der Waals surface area contributed by atoms with Gasteiger partial charge in [0, 0.05) is 6.54 Å². The molecular weight excluding hydrogens is 252 g/mol. The van der Waals surface area contributed by atoms with Crippen molar-refractivity contribution in [1.29, 1.82) is 0 Å². The van der Waals surface area contributed by atoms with E-state index in [4.69, 9.17) is 4.74 Å². The first-order valence-corrected chi connectivity index (χ1v) is 8.21. The fourth-order valence-corrected chi connectivity index (χ4v) is 4.00. The minimum absolute atomic E-state index is 0.0419. The maximum absolute atomic E-state index is 12.4. The summed E-state index contributed by atoms with van der Waals surface area (Å²) in [6.07, 6.45) is 5.61. The van der Waals surface area contributed by atoms with Crippen molar-refractivity contribution >= 4 is 5.97 Å². The number of nitrogens with one attached hydrogen (secondary N) is 1. The Hall–Kier alpha value is -0.610. The lowest BCUT2D eigenvalue weighted by atomic mass is 9.84. The largest absolute Gasteiger partial charge is 0.465 e. The molecule has 0 aromatic rings. The highest BCUT2D eigenvalue weighted by Crippen LogP contribution is 2.39. The second-order valence-electron chi connectivity index (χ2n) is 6.51. The molecule has 1 saturated heterocycles. The summed E-state index contributed by atoms with van der Waals surface area (Å²) < 4.78 is 5.32. The number of hydrogen-bond acceptors (Lipinski definition) is 4. The fraction of sp³-hybridized carbons (Fsp3) is 0.938. The zero-order valence-corrected chi connectivity index (χ0v) is 13.3. The van der Waals surface area contributed by atoms with E-state index in [-0.39, 0.29) is 5.97 Å². The molecule has 1 aliphatic carbocycles. The molecule has 116 valence electrons. The van der Waals surface area contributed by atoms with Gasteiger partial charge < -0.3 is 15.0 Å². The van der Waals surface area contributed by atoms with Gasteiger partial charge in [0.15, 0.2) is 0 Å². The lowest BCUT2D eigenvalue weighted by Crippen LogP contribution is -2.54. The van der Waals surface area contributed by atoms with E-state index in [1.807, 2.05) is 14.0 Å². The van der Waals surface area contributed by atoms with Crippen LogP contribution in [0.4, 0.5) is 0 Å². The first kappa shape index (κ1) is 15.8. The molecule has 0 amide bonds. The number of ether oxygens (including phenoxy) is 1. The zero-order chi connectivity index (χ0) is 14.6. The SMILES string of the molecule is CCOC(=O)C1(NC)CCCC1CCN1CCC(C)C1. The number of likely N-dealkylation sites (tertiary alicyclic amines) is 1. The van der Waals surface area contributed by atoms with E-state index in [9.17, 15) is 4.79 Å². The Balaban J connectivity index is 1.93. The number of rotatable bonds is 6. The van der Waals surface area contributed by atoms with Crippen molar-refractivity contribution in [3.63, 3.8) is 0 Å². The lowest BCUT2D eigenvalue weighted by molar-refractivity contribution is -0.153. The molecule has 4 heteroatoms. The summed E-state index contributed by atoms with van der Waals surface area (Å²) in [5.41, 5.74) is -0.429. The number of likely N-dealkylation sites (N-methyl/N-ethyl adjacent to an activating group) is 1. The number of carbonyl (C=O) groups is 1. The minimum atomic E-state index is -0.429. The van der Waals surface area contributed by atoms with Crippen molar-refractivity contribution in [3.8, 4) is 0 Å². The average Bonchev–Trinajstić information content (AvgIpc) is 3.03. The molecule has 1 heterocycles. The molecule has 2 rings (SSSR count). The average molecular weight is 282 g/mol. The van der Waals surface area contributed by atoms with Gasteiger partial charge in [-0.2, -0.15) is 0 Å². The summed E-state index contributed by atoms with van der Waals surface area (Å²) in [6, 6.07) is 0. The predicted octanol–water partition coefficient (Wildman–Crippen LogP) is 2.04. The van der Waals surface area contributed by atoms with Crippen molar-refractivity contribution < 1.29 is 9.53 Å². The standard InChI is InChI=1S/C16H30N2O2/c1-4-20-15(19)16(17-3)9-5-6-14(16)8-11-18-10-7-13(2)12-18/h13-14,17H,4-12H2,1-3H3. The Morgan fingerprint density at radius 1 is 1.45 bits per heavy atom. The molecule has 1 saturated carbocycles. The molecule has 0 radical (unpaired) electrons. The van der Waals surface area contributed by atoms with Crippen LogP contribution in [0.1, 0.15) is 46.0 Å². The van der Waals surface area contributed by atoms with Gasteiger partial charge in [-0.05, 0) is 64.6 Å². The zero-order valence-electron chi connectivity index (χ0n) is 13.3. The number of esters is 1. The molecule has 4 nitrogen and oxygen atoms in total. The lowest BCUT2D eigenvalue weighted by Gasteiger charge is -2.33. The van der Waals surface area contributed by atoms with Gasteiger partial charge in [-0.1, -0.05) is 13.3 Å². The van der Waals surface area contributed by atoms with Gasteiger partial charge in [0.05, 0.1) is 6.61 Å². The number of hydrogen-bond donors (Lipinski definition) is 1. The van der Waals surface area contributed by atoms with Crippen molar-refractivity contribution in [2.75, 3.05) is 33.3 Å². The van der Waals surface area contributed by atoms with E-state index in [0.717, 1.165) is 38.1 Å². The summed E-state index contributed by atoms with van der Waals surface area (Å²) >= 11 is 0. The van der Waals surface area contributed by atoms with Crippen LogP contribution in [0.25, 0.3) is 0 Å². The molecule has 0 aromatic heterocycles. The molecule has 3 unspecified atom stereocenters. The van der Waals surface area contributed by atoms with Crippen LogP contribution in [0.3, 0.4) is 0 Å². The van der Waals surface area contributed by atoms with Crippen LogP contribution in [-0.4, -0.2) is 49.7 Å². The number of carbonyl (C=O) groups excluding carboxylic acids is 1. The molecule has 1 aliphatic heterocycles. The van der Waals surface area contributed by atoms with Gasteiger partial charge >= 0.3 is 5.97 Å². The van der Waals surface area contributed by atoms with E-state index in [1.54, 1.807) is 0 Å². The van der Waals surface area contributed by atoms with E-state index < -0.39 is 5.54 Å². The molecule has 0 spiro atoms. The smallest absolute Gasteiger partial charge is 0.326 e.